The summed E-state index contributed by atoms with van der Waals surface area (Å²) in [4.78, 5) is 46.9. The molecule has 2 aliphatic heterocycles. The molecule has 0 radical (unpaired) electrons. The highest BCUT2D eigenvalue weighted by atomic mass is 16.2. The van der Waals surface area contributed by atoms with Crippen LogP contribution in [-0.2, 0) is 19.2 Å². The standard InChI is InChI=1S/C10H12N2O4/c1-3-10(4-2)8(15)11-6(13)5-7(14)12(11)9(10)16/h3-5H2,1-2H3. The van der Waals surface area contributed by atoms with E-state index in [1.807, 2.05) is 0 Å². The zero-order chi connectivity index (χ0) is 12.1. The van der Waals surface area contributed by atoms with Gasteiger partial charge in [-0.15, -0.1) is 0 Å². The van der Waals surface area contributed by atoms with Crippen LogP contribution in [0, 0.1) is 5.41 Å². The number of fused-ring (bicyclic) bond motifs is 1. The van der Waals surface area contributed by atoms with Crippen LogP contribution in [0.4, 0.5) is 0 Å². The third-order valence-electron chi connectivity index (χ3n) is 3.39. The maximum Gasteiger partial charge on any atom is 0.264 e. The fraction of sp³-hybridized carbons (Fsp3) is 0.600. The predicted octanol–water partition coefficient (Wildman–Crippen LogP) is -0.165. The molecule has 2 aliphatic rings. The lowest BCUT2D eigenvalue weighted by Crippen LogP contribution is -2.38. The molecule has 6 nitrogen and oxygen atoms in total. The van der Waals surface area contributed by atoms with Gasteiger partial charge in [0.2, 0.25) is 0 Å². The molecule has 0 saturated carbocycles. The molecule has 0 aromatic rings. The first-order valence-corrected chi connectivity index (χ1v) is 5.24. The minimum atomic E-state index is -1.22. The molecule has 0 atom stereocenters. The predicted molar refractivity (Wildman–Crippen MR) is 51.3 cm³/mol. The first-order chi connectivity index (χ1) is 7.49. The van der Waals surface area contributed by atoms with E-state index in [-0.39, 0.29) is 6.42 Å². The van der Waals surface area contributed by atoms with Gasteiger partial charge in [0.1, 0.15) is 11.8 Å². The summed E-state index contributed by atoms with van der Waals surface area (Å²) in [5, 5.41) is 1.41. The molecule has 6 heteroatoms. The smallest absolute Gasteiger partial charge is 0.264 e. The van der Waals surface area contributed by atoms with E-state index in [1.165, 1.54) is 0 Å². The van der Waals surface area contributed by atoms with Crippen molar-refractivity contribution in [3.05, 3.63) is 0 Å². The Morgan fingerprint density at radius 2 is 1.31 bits per heavy atom. The maximum absolute atomic E-state index is 12.0. The second-order valence-electron chi connectivity index (χ2n) is 3.99. The molecule has 0 aromatic carbocycles. The number of carbonyl (C=O) groups excluding carboxylic acids is 4. The molecule has 0 bridgehead atoms. The molecule has 0 aliphatic carbocycles. The molecule has 0 spiro atoms. The molecule has 2 rings (SSSR count). The minimum absolute atomic E-state index is 0.300. The van der Waals surface area contributed by atoms with Gasteiger partial charge in [0.15, 0.2) is 0 Å². The fourth-order valence-electron chi connectivity index (χ4n) is 2.26. The van der Waals surface area contributed by atoms with Crippen molar-refractivity contribution in [1.82, 2.24) is 10.0 Å². The van der Waals surface area contributed by atoms with E-state index in [0.29, 0.717) is 22.9 Å². The Hall–Kier alpha value is -1.72. The zero-order valence-electron chi connectivity index (χ0n) is 9.15. The summed E-state index contributed by atoms with van der Waals surface area (Å²) in [6.07, 6.45) is 0.213. The highest BCUT2D eigenvalue weighted by molar-refractivity contribution is 6.26. The first-order valence-electron chi connectivity index (χ1n) is 5.24. The Balaban J connectivity index is 2.52. The molecule has 16 heavy (non-hydrogen) atoms. The summed E-state index contributed by atoms with van der Waals surface area (Å²) in [7, 11) is 0. The Labute approximate surface area is 92.1 Å². The number of hydrazine groups is 1. The van der Waals surface area contributed by atoms with Gasteiger partial charge >= 0.3 is 0 Å². The zero-order valence-corrected chi connectivity index (χ0v) is 9.15. The quantitative estimate of drug-likeness (QED) is 0.482. The lowest BCUT2D eigenvalue weighted by atomic mass is 9.81. The third kappa shape index (κ3) is 0.963. The van der Waals surface area contributed by atoms with Crippen LogP contribution in [0.3, 0.4) is 0 Å². The van der Waals surface area contributed by atoms with Crippen LogP contribution >= 0.6 is 0 Å². The molecule has 86 valence electrons. The van der Waals surface area contributed by atoms with Crippen molar-refractivity contribution in [1.29, 1.82) is 0 Å². The average Bonchev–Trinajstić information content (AvgIpc) is 2.66. The van der Waals surface area contributed by atoms with Crippen LogP contribution in [-0.4, -0.2) is 33.6 Å². The number of nitrogens with zero attached hydrogens (tertiary/aromatic N) is 2. The Morgan fingerprint density at radius 3 is 1.62 bits per heavy atom. The van der Waals surface area contributed by atoms with Crippen molar-refractivity contribution in [2.24, 2.45) is 5.41 Å². The summed E-state index contributed by atoms with van der Waals surface area (Å²) in [6, 6.07) is 0. The summed E-state index contributed by atoms with van der Waals surface area (Å²) >= 11 is 0. The second-order valence-corrected chi connectivity index (χ2v) is 3.99. The summed E-state index contributed by atoms with van der Waals surface area (Å²) in [6.45, 7) is 3.41. The summed E-state index contributed by atoms with van der Waals surface area (Å²) in [5.41, 5.74) is -1.22. The summed E-state index contributed by atoms with van der Waals surface area (Å²) < 4.78 is 0. The van der Waals surface area contributed by atoms with Crippen LogP contribution < -0.4 is 0 Å². The van der Waals surface area contributed by atoms with Gasteiger partial charge in [-0.2, -0.15) is 10.0 Å². The molecule has 0 N–H and O–H groups in total. The van der Waals surface area contributed by atoms with E-state index in [0.717, 1.165) is 0 Å². The lowest BCUT2D eigenvalue weighted by molar-refractivity contribution is -0.159. The van der Waals surface area contributed by atoms with E-state index in [2.05, 4.69) is 0 Å². The van der Waals surface area contributed by atoms with Crippen molar-refractivity contribution in [3.63, 3.8) is 0 Å². The van der Waals surface area contributed by atoms with Gasteiger partial charge in [0.25, 0.3) is 23.6 Å². The van der Waals surface area contributed by atoms with Gasteiger partial charge in [-0.05, 0) is 12.8 Å². The number of rotatable bonds is 2. The molecular formula is C10H12N2O4. The number of imide groups is 2. The highest BCUT2D eigenvalue weighted by Gasteiger charge is 2.62. The van der Waals surface area contributed by atoms with Gasteiger partial charge in [0, 0.05) is 0 Å². The maximum atomic E-state index is 12.0. The van der Waals surface area contributed by atoms with Crippen molar-refractivity contribution in [2.45, 2.75) is 33.1 Å². The number of hydrogen-bond donors (Lipinski definition) is 0. The Bertz CT molecular complexity index is 377. The van der Waals surface area contributed by atoms with E-state index >= 15 is 0 Å². The molecule has 2 saturated heterocycles. The van der Waals surface area contributed by atoms with Crippen molar-refractivity contribution in [3.8, 4) is 0 Å². The lowest BCUT2D eigenvalue weighted by Gasteiger charge is -2.19. The molecule has 4 amide bonds. The monoisotopic (exact) mass is 224 g/mol. The van der Waals surface area contributed by atoms with Gasteiger partial charge in [-0.25, -0.2) is 0 Å². The van der Waals surface area contributed by atoms with Crippen LogP contribution in [0.25, 0.3) is 0 Å². The normalized spacial score (nSPS) is 23.4. The van der Waals surface area contributed by atoms with Crippen LogP contribution in [0.2, 0.25) is 0 Å². The van der Waals surface area contributed by atoms with E-state index in [1.54, 1.807) is 13.8 Å². The second kappa shape index (κ2) is 3.13. The van der Waals surface area contributed by atoms with Crippen molar-refractivity contribution < 1.29 is 19.2 Å². The molecular weight excluding hydrogens is 212 g/mol. The minimum Gasteiger partial charge on any atom is -0.272 e. The van der Waals surface area contributed by atoms with Gasteiger partial charge in [0.05, 0.1) is 0 Å². The Kier molecular flexibility index (Phi) is 2.11. The average molecular weight is 224 g/mol. The fourth-order valence-corrected chi connectivity index (χ4v) is 2.26. The highest BCUT2D eigenvalue weighted by Crippen LogP contribution is 2.40. The first kappa shape index (κ1) is 10.8. The summed E-state index contributed by atoms with van der Waals surface area (Å²) in [5.74, 6) is -2.32. The number of hydrogen-bond acceptors (Lipinski definition) is 4. The SMILES string of the molecule is CCC1(CC)C(=O)N2C(=O)CC(=O)N2C1=O. The molecule has 0 unspecified atom stereocenters. The molecule has 0 aromatic heterocycles. The Morgan fingerprint density at radius 1 is 0.938 bits per heavy atom. The third-order valence-corrected chi connectivity index (χ3v) is 3.39. The van der Waals surface area contributed by atoms with Crippen LogP contribution in [0.5, 0.6) is 0 Å². The number of carbonyl (C=O) groups is 4. The van der Waals surface area contributed by atoms with Crippen LogP contribution in [0.15, 0.2) is 0 Å². The van der Waals surface area contributed by atoms with Crippen LogP contribution in [0.1, 0.15) is 33.1 Å². The molecule has 2 heterocycles. The van der Waals surface area contributed by atoms with Crippen molar-refractivity contribution >= 4 is 23.6 Å². The molecule has 2 fully saturated rings. The largest absolute Gasteiger partial charge is 0.272 e. The van der Waals surface area contributed by atoms with E-state index in [4.69, 9.17) is 0 Å². The van der Waals surface area contributed by atoms with Gasteiger partial charge in [-0.1, -0.05) is 13.8 Å². The van der Waals surface area contributed by atoms with Crippen molar-refractivity contribution in [2.75, 3.05) is 0 Å². The topological polar surface area (TPSA) is 74.8 Å². The van der Waals surface area contributed by atoms with Gasteiger partial charge < -0.3 is 0 Å². The van der Waals surface area contributed by atoms with Gasteiger partial charge in [-0.3, -0.25) is 19.2 Å². The van der Waals surface area contributed by atoms with E-state index in [9.17, 15) is 19.2 Å². The number of amides is 4. The van der Waals surface area contributed by atoms with E-state index < -0.39 is 29.0 Å².